The van der Waals surface area contributed by atoms with Crippen molar-refractivity contribution < 1.29 is 47.7 Å². The molecule has 4 heterocycles. The van der Waals surface area contributed by atoms with Gasteiger partial charge in [-0.2, -0.15) is 0 Å². The monoisotopic (exact) mass is 982 g/mol. The van der Waals surface area contributed by atoms with Crippen LogP contribution in [0.4, 0.5) is 16.2 Å². The molecule has 0 bridgehead atoms. The maximum Gasteiger partial charge on any atom is 0.415 e. The molecule has 0 spiro atoms. The highest BCUT2D eigenvalue weighted by Gasteiger charge is 2.38. The minimum absolute atomic E-state index is 0.0525. The highest BCUT2D eigenvalue weighted by Crippen LogP contribution is 2.47. The molecule has 0 N–H and O–H groups in total. The van der Waals surface area contributed by atoms with Crippen molar-refractivity contribution in [3.63, 3.8) is 0 Å². The van der Waals surface area contributed by atoms with Crippen LogP contribution in [-0.2, 0) is 28.6 Å². The van der Waals surface area contributed by atoms with E-state index in [-0.39, 0.29) is 98.9 Å². The Hall–Kier alpha value is -5.88. The molecule has 0 unspecified atom stereocenters. The van der Waals surface area contributed by atoms with Crippen molar-refractivity contribution in [2.45, 2.75) is 18.3 Å². The van der Waals surface area contributed by atoms with Crippen LogP contribution in [0.25, 0.3) is 21.5 Å². The minimum atomic E-state index is -0.643. The molecule has 8 rings (SSSR count). The van der Waals surface area contributed by atoms with E-state index in [1.54, 1.807) is 42.1 Å². The number of carbonyl (C=O) groups is 6. The summed E-state index contributed by atoms with van der Waals surface area (Å²) < 4.78 is 22.5. The smallest absolute Gasteiger partial charge is 0.409 e. The molecule has 1 aromatic heterocycles. The van der Waals surface area contributed by atoms with E-state index in [0.29, 0.717) is 59.6 Å². The van der Waals surface area contributed by atoms with Gasteiger partial charge in [0.15, 0.2) is 0 Å². The molecule has 1 radical (unpaired) electrons. The normalized spacial score (nSPS) is 16.3. The van der Waals surface area contributed by atoms with Crippen LogP contribution in [0.3, 0.4) is 0 Å². The van der Waals surface area contributed by atoms with E-state index in [2.05, 4.69) is 6.07 Å². The number of halogens is 2. The molecule has 68 heavy (non-hydrogen) atoms. The predicted molar refractivity (Wildman–Crippen MR) is 261 cm³/mol. The first-order valence-corrected chi connectivity index (χ1v) is 24.2. The molecule has 15 nitrogen and oxygen atoms in total. The number of imide groups is 1. The van der Waals surface area contributed by atoms with Gasteiger partial charge in [0, 0.05) is 93.2 Å². The second-order valence-electron chi connectivity index (χ2n) is 16.5. The van der Waals surface area contributed by atoms with Crippen molar-refractivity contribution in [3.05, 3.63) is 112 Å². The Kier molecular flexibility index (Phi) is 15.7. The van der Waals surface area contributed by atoms with E-state index in [9.17, 15) is 28.8 Å². The zero-order valence-electron chi connectivity index (χ0n) is 37.6. The van der Waals surface area contributed by atoms with E-state index < -0.39 is 6.09 Å². The maximum absolute atomic E-state index is 14.4. The van der Waals surface area contributed by atoms with Crippen LogP contribution in [0, 0.1) is 6.07 Å². The van der Waals surface area contributed by atoms with Gasteiger partial charge in [-0.25, -0.2) is 4.79 Å². The van der Waals surface area contributed by atoms with Gasteiger partial charge >= 0.3 is 6.09 Å². The summed E-state index contributed by atoms with van der Waals surface area (Å²) in [7, 11) is 3.24. The fourth-order valence-electron chi connectivity index (χ4n) is 8.62. The molecule has 3 aliphatic rings. The van der Waals surface area contributed by atoms with Gasteiger partial charge in [0.1, 0.15) is 5.75 Å². The Labute approximate surface area is 407 Å². The number of rotatable bonds is 20. The number of amides is 6. The summed E-state index contributed by atoms with van der Waals surface area (Å²) in [5.41, 5.74) is 3.24. The predicted octanol–water partition coefficient (Wildman–Crippen LogP) is 7.07. The Morgan fingerprint density at radius 3 is 1.88 bits per heavy atom. The number of alkyl halides is 2. The number of carbonyl (C=O) groups excluding carboxylic acids is 6. The van der Waals surface area contributed by atoms with Crippen molar-refractivity contribution in [1.29, 1.82) is 0 Å². The van der Waals surface area contributed by atoms with E-state index in [4.69, 9.17) is 42.1 Å². The topological polar surface area (TPSA) is 156 Å². The minimum Gasteiger partial charge on any atom is -0.409 e. The quantitative estimate of drug-likeness (QED) is 0.0449. The lowest BCUT2D eigenvalue weighted by Crippen LogP contribution is -2.38. The molecule has 4 aromatic carbocycles. The Bertz CT molecular complexity index is 2750. The van der Waals surface area contributed by atoms with E-state index in [1.807, 2.05) is 54.6 Å². The fourth-order valence-corrected chi connectivity index (χ4v) is 10.0. The Morgan fingerprint density at radius 1 is 0.691 bits per heavy atom. The lowest BCUT2D eigenvalue weighted by molar-refractivity contribution is -0.138. The molecule has 3 aliphatic heterocycles. The summed E-state index contributed by atoms with van der Waals surface area (Å²) >= 11 is 14.1. The summed E-state index contributed by atoms with van der Waals surface area (Å²) in [5, 5.41) is 3.46. The third-order valence-corrected chi connectivity index (χ3v) is 14.1. The average molecular weight is 984 g/mol. The van der Waals surface area contributed by atoms with Gasteiger partial charge in [0.25, 0.3) is 23.6 Å². The van der Waals surface area contributed by atoms with Crippen molar-refractivity contribution in [1.82, 2.24) is 14.7 Å². The zero-order chi connectivity index (χ0) is 47.9. The number of ether oxygens (including phenoxy) is 4. The SMILES string of the molecule is CN(CCN(C)C(=O)Oc1cc2c(c3ccccc13)[C@H](CCl)CN2C(=O)c1ccc(C(=O)N2C[C@@H](CCl)c3c2c[c]c2ccccc32)s1)C(=O)CCOCCOCCOCCN1C(=O)C=CC1=O. The van der Waals surface area contributed by atoms with Crippen LogP contribution in [0.5, 0.6) is 5.75 Å². The molecular weight excluding hydrogens is 934 g/mol. The van der Waals surface area contributed by atoms with Crippen LogP contribution in [-0.4, -0.2) is 149 Å². The van der Waals surface area contributed by atoms with Crippen molar-refractivity contribution in [2.75, 3.05) is 108 Å². The number of likely N-dealkylation sites (N-methyl/N-ethyl adjacent to an activating group) is 2. The summed E-state index contributed by atoms with van der Waals surface area (Å²) in [6.45, 7) is 2.90. The Morgan fingerprint density at radius 2 is 1.24 bits per heavy atom. The number of thiophene rings is 1. The number of anilines is 2. The summed E-state index contributed by atoms with van der Waals surface area (Å²) in [6, 6.07) is 25.7. The van der Waals surface area contributed by atoms with Gasteiger partial charge in [0.2, 0.25) is 5.91 Å². The maximum atomic E-state index is 14.4. The number of nitrogens with zero attached hydrogens (tertiary/aromatic N) is 5. The molecular formula is C50H50Cl2N5O10S. The first kappa shape index (κ1) is 48.6. The highest BCUT2D eigenvalue weighted by atomic mass is 35.5. The van der Waals surface area contributed by atoms with Crippen molar-refractivity contribution in [2.24, 2.45) is 0 Å². The third-order valence-electron chi connectivity index (χ3n) is 12.2. The van der Waals surface area contributed by atoms with Gasteiger partial charge in [-0.15, -0.1) is 34.5 Å². The average Bonchev–Trinajstić information content (AvgIpc) is 4.16. The highest BCUT2D eigenvalue weighted by molar-refractivity contribution is 7.16. The summed E-state index contributed by atoms with van der Waals surface area (Å²) in [6.07, 6.45) is 1.95. The molecule has 355 valence electrons. The van der Waals surface area contributed by atoms with Crippen LogP contribution >= 0.6 is 34.5 Å². The van der Waals surface area contributed by atoms with Crippen LogP contribution in [0.1, 0.15) is 48.7 Å². The van der Waals surface area contributed by atoms with Crippen LogP contribution in [0.15, 0.2) is 84.9 Å². The molecule has 18 heteroatoms. The van der Waals surface area contributed by atoms with E-state index in [1.165, 1.54) is 22.0 Å². The number of hydrogen-bond donors (Lipinski definition) is 0. The van der Waals surface area contributed by atoms with Crippen LogP contribution < -0.4 is 14.5 Å². The van der Waals surface area contributed by atoms with Gasteiger partial charge in [-0.1, -0.05) is 48.5 Å². The van der Waals surface area contributed by atoms with Gasteiger partial charge in [-0.05, 0) is 51.6 Å². The molecule has 0 aliphatic carbocycles. The number of hydrogen-bond acceptors (Lipinski definition) is 11. The molecule has 0 fully saturated rings. The summed E-state index contributed by atoms with van der Waals surface area (Å²) in [4.78, 5) is 86.3. The largest absolute Gasteiger partial charge is 0.415 e. The second-order valence-corrected chi connectivity index (χ2v) is 18.2. The molecule has 0 saturated carbocycles. The Balaban J connectivity index is 0.838. The summed E-state index contributed by atoms with van der Waals surface area (Å²) in [5.74, 6) is -0.773. The lowest BCUT2D eigenvalue weighted by atomic mass is 9.95. The third kappa shape index (κ3) is 10.4. The molecule has 0 saturated heterocycles. The van der Waals surface area contributed by atoms with E-state index >= 15 is 0 Å². The number of fused-ring (bicyclic) bond motifs is 6. The van der Waals surface area contributed by atoms with E-state index in [0.717, 1.165) is 49.2 Å². The first-order valence-electron chi connectivity index (χ1n) is 22.3. The number of benzene rings is 4. The molecule has 6 amide bonds. The zero-order valence-corrected chi connectivity index (χ0v) is 39.9. The second kappa shape index (κ2) is 22.0. The molecule has 5 aromatic rings. The fraction of sp³-hybridized carbons (Fsp3) is 0.360. The van der Waals surface area contributed by atoms with Crippen molar-refractivity contribution in [3.8, 4) is 5.75 Å². The standard InChI is InChI=1S/C50H50Cl2N5O10S/c1-53(43(58)17-21-64-23-25-66-26-24-65-22-20-55-44(59)15-16-45(55)60)18-19-54(2)50(63)67-40-27-39-47(37-10-6-5-9-36(37)40)34(29-52)31-57(39)49(62)42-14-13-41(68-42)48(61)56-30-33(28-51)46-35-8-4-3-7-32(35)11-12-38(46)56/h3-10,12-16,27,33-34H,17-26,28-31H2,1-2H3/t33-,34-/m1/s1. The molecule has 2 atom stereocenters. The van der Waals surface area contributed by atoms with Gasteiger partial charge in [0.05, 0.1) is 68.0 Å². The van der Waals surface area contributed by atoms with Crippen molar-refractivity contribution >= 4 is 103 Å². The lowest BCUT2D eigenvalue weighted by Gasteiger charge is -2.23. The van der Waals surface area contributed by atoms with Gasteiger partial charge in [-0.3, -0.25) is 28.9 Å². The van der Waals surface area contributed by atoms with Gasteiger partial charge < -0.3 is 38.5 Å². The first-order chi connectivity index (χ1) is 33.0. The van der Waals surface area contributed by atoms with Crippen LogP contribution in [0.2, 0.25) is 0 Å².